The van der Waals surface area contributed by atoms with E-state index < -0.39 is 0 Å². The van der Waals surface area contributed by atoms with Crippen LogP contribution in [0.2, 0.25) is 0 Å². The fourth-order valence-electron chi connectivity index (χ4n) is 2.52. The lowest BCUT2D eigenvalue weighted by atomic mass is 10.2. The fraction of sp³-hybridized carbons (Fsp3) is 0.278. The molecule has 0 spiro atoms. The lowest BCUT2D eigenvalue weighted by Crippen LogP contribution is -2.17. The topological polar surface area (TPSA) is 34.6 Å². The molecule has 0 amide bonds. The number of methoxy groups -OCH3 is 2. The van der Waals surface area contributed by atoms with Crippen LogP contribution in [0.1, 0.15) is 11.3 Å². The van der Waals surface area contributed by atoms with Gasteiger partial charge in [0.25, 0.3) is 0 Å². The normalized spacial score (nSPS) is 11.0. The third-order valence-corrected chi connectivity index (χ3v) is 5.28. The summed E-state index contributed by atoms with van der Waals surface area (Å²) >= 11 is 3.40. The van der Waals surface area contributed by atoms with Gasteiger partial charge in [-0.3, -0.25) is 4.90 Å². The van der Waals surface area contributed by atoms with E-state index in [1.165, 1.54) is 11.1 Å². The zero-order valence-corrected chi connectivity index (χ0v) is 15.6. The Bertz CT molecular complexity index is 784. The van der Waals surface area contributed by atoms with Crippen molar-refractivity contribution in [1.29, 1.82) is 0 Å². The molecule has 3 aromatic rings. The molecule has 2 heterocycles. The predicted molar refractivity (Wildman–Crippen MR) is 100 cm³/mol. The summed E-state index contributed by atoms with van der Waals surface area (Å²) < 4.78 is 10.7. The van der Waals surface area contributed by atoms with Crippen LogP contribution in [0.5, 0.6) is 11.5 Å². The minimum atomic E-state index is 0.754. The number of hydrogen-bond acceptors (Lipinski definition) is 6. The number of rotatable bonds is 7. The maximum Gasteiger partial charge on any atom is 0.161 e. The molecule has 0 aliphatic carbocycles. The first-order valence-corrected chi connectivity index (χ1v) is 9.38. The van der Waals surface area contributed by atoms with Crippen molar-refractivity contribution in [3.8, 4) is 22.1 Å². The third-order valence-electron chi connectivity index (χ3n) is 3.65. The van der Waals surface area contributed by atoms with Gasteiger partial charge in [-0.15, -0.1) is 11.3 Å². The Hall–Kier alpha value is -1.89. The van der Waals surface area contributed by atoms with E-state index in [9.17, 15) is 0 Å². The Morgan fingerprint density at radius 3 is 2.58 bits per heavy atom. The second kappa shape index (κ2) is 7.79. The van der Waals surface area contributed by atoms with E-state index in [0.29, 0.717) is 0 Å². The fourth-order valence-corrected chi connectivity index (χ4v) is 4.04. The van der Waals surface area contributed by atoms with Crippen molar-refractivity contribution in [2.75, 3.05) is 21.3 Å². The van der Waals surface area contributed by atoms with Crippen LogP contribution < -0.4 is 9.47 Å². The Morgan fingerprint density at radius 2 is 1.88 bits per heavy atom. The summed E-state index contributed by atoms with van der Waals surface area (Å²) in [6, 6.07) is 8.14. The molecule has 0 bridgehead atoms. The number of benzene rings is 1. The highest BCUT2D eigenvalue weighted by Gasteiger charge is 2.10. The first kappa shape index (κ1) is 17.0. The maximum absolute atomic E-state index is 5.37. The van der Waals surface area contributed by atoms with E-state index >= 15 is 0 Å². The molecule has 0 radical (unpaired) electrons. The Labute approximate surface area is 150 Å². The lowest BCUT2D eigenvalue weighted by molar-refractivity contribution is 0.313. The zero-order chi connectivity index (χ0) is 16.9. The summed E-state index contributed by atoms with van der Waals surface area (Å²) in [5, 5.41) is 7.44. The molecule has 0 N–H and O–H groups in total. The Kier molecular flexibility index (Phi) is 5.50. The van der Waals surface area contributed by atoms with Crippen LogP contribution in [0.25, 0.3) is 10.6 Å². The van der Waals surface area contributed by atoms with Crippen LogP contribution in [-0.4, -0.2) is 31.2 Å². The van der Waals surface area contributed by atoms with Crippen molar-refractivity contribution in [2.24, 2.45) is 0 Å². The van der Waals surface area contributed by atoms with Gasteiger partial charge in [-0.2, -0.15) is 11.3 Å². The SMILES string of the molecule is COc1ccc(CN(C)Cc2csc(-c3ccsc3)n2)cc1OC. The Balaban J connectivity index is 1.64. The molecular weight excluding hydrogens is 340 g/mol. The molecule has 0 unspecified atom stereocenters. The molecule has 2 aromatic heterocycles. The number of aromatic nitrogens is 1. The number of ether oxygens (including phenoxy) is 2. The first-order valence-electron chi connectivity index (χ1n) is 7.56. The molecular formula is C18H20N2O2S2. The second-order valence-corrected chi connectivity index (χ2v) is 7.16. The van der Waals surface area contributed by atoms with Crippen molar-refractivity contribution in [3.05, 3.63) is 51.7 Å². The number of nitrogens with zero attached hydrogens (tertiary/aromatic N) is 2. The number of thiazole rings is 1. The highest BCUT2D eigenvalue weighted by atomic mass is 32.1. The molecule has 1 aromatic carbocycles. The summed E-state index contributed by atoms with van der Waals surface area (Å²) in [5.74, 6) is 1.51. The standard InChI is InChI=1S/C18H20N2O2S2/c1-20(9-13-4-5-16(21-2)17(8-13)22-3)10-15-12-24-18(19-15)14-6-7-23-11-14/h4-8,11-12H,9-10H2,1-3H3. The molecule has 0 atom stereocenters. The van der Waals surface area contributed by atoms with Crippen molar-refractivity contribution >= 4 is 22.7 Å². The summed E-state index contributed by atoms with van der Waals surface area (Å²) in [6.07, 6.45) is 0. The van der Waals surface area contributed by atoms with E-state index in [1.807, 2.05) is 12.1 Å². The predicted octanol–water partition coefficient (Wildman–Crippen LogP) is 4.52. The van der Waals surface area contributed by atoms with Gasteiger partial charge in [0.15, 0.2) is 11.5 Å². The van der Waals surface area contributed by atoms with Crippen LogP contribution in [0.3, 0.4) is 0 Å². The largest absolute Gasteiger partial charge is 0.493 e. The summed E-state index contributed by atoms with van der Waals surface area (Å²) in [7, 11) is 5.41. The first-order chi connectivity index (χ1) is 11.7. The molecule has 0 saturated heterocycles. The average Bonchev–Trinajstić information content (AvgIpc) is 3.25. The monoisotopic (exact) mass is 360 g/mol. The third kappa shape index (κ3) is 3.95. The molecule has 24 heavy (non-hydrogen) atoms. The van der Waals surface area contributed by atoms with Gasteiger partial charge in [-0.25, -0.2) is 4.98 Å². The van der Waals surface area contributed by atoms with Crippen molar-refractivity contribution < 1.29 is 9.47 Å². The van der Waals surface area contributed by atoms with Crippen molar-refractivity contribution in [2.45, 2.75) is 13.1 Å². The average molecular weight is 361 g/mol. The van der Waals surface area contributed by atoms with Gasteiger partial charge >= 0.3 is 0 Å². The van der Waals surface area contributed by atoms with Crippen molar-refractivity contribution in [1.82, 2.24) is 9.88 Å². The van der Waals surface area contributed by atoms with Gasteiger partial charge in [0.05, 0.1) is 19.9 Å². The number of hydrogen-bond donors (Lipinski definition) is 0. The van der Waals surface area contributed by atoms with Crippen LogP contribution in [-0.2, 0) is 13.1 Å². The van der Waals surface area contributed by atoms with Crippen molar-refractivity contribution in [3.63, 3.8) is 0 Å². The summed E-state index contributed by atoms with van der Waals surface area (Å²) in [6.45, 7) is 1.64. The van der Waals surface area contributed by atoms with Crippen LogP contribution in [0, 0.1) is 0 Å². The van der Waals surface area contributed by atoms with Gasteiger partial charge in [-0.1, -0.05) is 6.07 Å². The van der Waals surface area contributed by atoms with Gasteiger partial charge in [0, 0.05) is 29.4 Å². The van der Waals surface area contributed by atoms with Gasteiger partial charge in [0.2, 0.25) is 0 Å². The Morgan fingerprint density at radius 1 is 1.04 bits per heavy atom. The van der Waals surface area contributed by atoms with Gasteiger partial charge in [0.1, 0.15) is 5.01 Å². The van der Waals surface area contributed by atoms with Crippen LogP contribution in [0.4, 0.5) is 0 Å². The van der Waals surface area contributed by atoms with E-state index in [0.717, 1.165) is 35.3 Å². The quantitative estimate of drug-likeness (QED) is 0.620. The van der Waals surface area contributed by atoms with Gasteiger partial charge < -0.3 is 9.47 Å². The van der Waals surface area contributed by atoms with E-state index in [1.54, 1.807) is 36.9 Å². The van der Waals surface area contributed by atoms with E-state index in [2.05, 4.69) is 40.2 Å². The molecule has 0 aliphatic heterocycles. The van der Waals surface area contributed by atoms with Crippen LogP contribution >= 0.6 is 22.7 Å². The molecule has 4 nitrogen and oxygen atoms in total. The molecule has 3 rings (SSSR count). The maximum atomic E-state index is 5.37. The smallest absolute Gasteiger partial charge is 0.161 e. The molecule has 0 aliphatic rings. The van der Waals surface area contributed by atoms with E-state index in [4.69, 9.17) is 14.5 Å². The van der Waals surface area contributed by atoms with E-state index in [-0.39, 0.29) is 0 Å². The molecule has 126 valence electrons. The second-order valence-electron chi connectivity index (χ2n) is 5.52. The minimum Gasteiger partial charge on any atom is -0.493 e. The van der Waals surface area contributed by atoms with Crippen LogP contribution in [0.15, 0.2) is 40.4 Å². The summed E-state index contributed by atoms with van der Waals surface area (Å²) in [5.41, 5.74) is 3.49. The molecule has 0 fully saturated rings. The highest BCUT2D eigenvalue weighted by Crippen LogP contribution is 2.29. The van der Waals surface area contributed by atoms with Gasteiger partial charge in [-0.05, 0) is 36.2 Å². The molecule has 6 heteroatoms. The highest BCUT2D eigenvalue weighted by molar-refractivity contribution is 7.14. The zero-order valence-electron chi connectivity index (χ0n) is 14.0. The minimum absolute atomic E-state index is 0.754. The summed E-state index contributed by atoms with van der Waals surface area (Å²) in [4.78, 5) is 6.98. The molecule has 0 saturated carbocycles. The lowest BCUT2D eigenvalue weighted by Gasteiger charge is -2.16. The number of thiophene rings is 1.